The average Bonchev–Trinajstić information content (AvgIpc) is 2.40. The largest absolute Gasteiger partial charge is 0.416 e. The second-order valence-electron chi connectivity index (χ2n) is 4.47. The van der Waals surface area contributed by atoms with Crippen molar-refractivity contribution in [3.63, 3.8) is 0 Å². The molecule has 0 aliphatic rings. The van der Waals surface area contributed by atoms with Gasteiger partial charge in [0.05, 0.1) is 5.56 Å². The SMILES string of the molecule is Cc1cccc(C(O)c2ccccc2C(F)(F)F)c1I. The Morgan fingerprint density at radius 1 is 1.00 bits per heavy atom. The maximum atomic E-state index is 13.0. The fourth-order valence-electron chi connectivity index (χ4n) is 2.04. The first-order valence-corrected chi connectivity index (χ1v) is 6.99. The summed E-state index contributed by atoms with van der Waals surface area (Å²) in [4.78, 5) is 0. The molecule has 0 amide bonds. The smallest absolute Gasteiger partial charge is 0.384 e. The number of hydrogen-bond acceptors (Lipinski definition) is 1. The van der Waals surface area contributed by atoms with Gasteiger partial charge in [0, 0.05) is 3.57 Å². The summed E-state index contributed by atoms with van der Waals surface area (Å²) >= 11 is 2.04. The molecule has 0 aliphatic carbocycles. The third-order valence-corrected chi connectivity index (χ3v) is 4.55. The molecular weight excluding hydrogens is 380 g/mol. The van der Waals surface area contributed by atoms with E-state index >= 15 is 0 Å². The van der Waals surface area contributed by atoms with Crippen LogP contribution in [0.2, 0.25) is 0 Å². The van der Waals surface area contributed by atoms with Crippen LogP contribution in [0.5, 0.6) is 0 Å². The number of aliphatic hydroxyl groups excluding tert-OH is 1. The van der Waals surface area contributed by atoms with Crippen molar-refractivity contribution in [1.82, 2.24) is 0 Å². The average molecular weight is 392 g/mol. The first-order chi connectivity index (χ1) is 9.32. The summed E-state index contributed by atoms with van der Waals surface area (Å²) in [5, 5.41) is 10.3. The van der Waals surface area contributed by atoms with E-state index in [4.69, 9.17) is 0 Å². The number of halogens is 4. The van der Waals surface area contributed by atoms with E-state index in [-0.39, 0.29) is 5.56 Å². The molecule has 0 saturated carbocycles. The molecule has 0 bridgehead atoms. The van der Waals surface area contributed by atoms with E-state index in [1.165, 1.54) is 18.2 Å². The quantitative estimate of drug-likeness (QED) is 0.735. The van der Waals surface area contributed by atoms with E-state index in [2.05, 4.69) is 0 Å². The highest BCUT2D eigenvalue weighted by atomic mass is 127. The highest BCUT2D eigenvalue weighted by Crippen LogP contribution is 2.37. The molecule has 0 fully saturated rings. The van der Waals surface area contributed by atoms with Crippen molar-refractivity contribution >= 4 is 22.6 Å². The topological polar surface area (TPSA) is 20.2 Å². The number of benzene rings is 2. The molecule has 0 saturated heterocycles. The van der Waals surface area contributed by atoms with E-state index < -0.39 is 17.8 Å². The third kappa shape index (κ3) is 2.98. The predicted molar refractivity (Wildman–Crippen MR) is 79.4 cm³/mol. The lowest BCUT2D eigenvalue weighted by Gasteiger charge is -2.19. The fraction of sp³-hybridized carbons (Fsp3) is 0.200. The van der Waals surface area contributed by atoms with Gasteiger partial charge in [-0.3, -0.25) is 0 Å². The molecule has 1 atom stereocenters. The van der Waals surface area contributed by atoms with Gasteiger partial charge in [0.25, 0.3) is 0 Å². The first kappa shape index (κ1) is 15.3. The van der Waals surface area contributed by atoms with Gasteiger partial charge in [-0.25, -0.2) is 0 Å². The van der Waals surface area contributed by atoms with E-state index in [0.29, 0.717) is 5.56 Å². The van der Waals surface area contributed by atoms with Gasteiger partial charge in [-0.05, 0) is 52.3 Å². The lowest BCUT2D eigenvalue weighted by atomic mass is 9.95. The maximum absolute atomic E-state index is 13.0. The first-order valence-electron chi connectivity index (χ1n) is 5.91. The zero-order valence-electron chi connectivity index (χ0n) is 10.6. The van der Waals surface area contributed by atoms with Gasteiger partial charge in [-0.1, -0.05) is 36.4 Å². The summed E-state index contributed by atoms with van der Waals surface area (Å²) in [6.45, 7) is 1.85. The molecule has 1 N–H and O–H groups in total. The zero-order chi connectivity index (χ0) is 14.9. The zero-order valence-corrected chi connectivity index (χ0v) is 12.7. The molecule has 2 aromatic rings. The third-order valence-electron chi connectivity index (χ3n) is 3.08. The van der Waals surface area contributed by atoms with Crippen molar-refractivity contribution in [3.05, 3.63) is 68.3 Å². The van der Waals surface area contributed by atoms with Crippen LogP contribution >= 0.6 is 22.6 Å². The number of aryl methyl sites for hydroxylation is 1. The summed E-state index contributed by atoms with van der Waals surface area (Å²) in [6.07, 6.45) is -5.77. The molecule has 106 valence electrons. The van der Waals surface area contributed by atoms with Crippen molar-refractivity contribution in [3.8, 4) is 0 Å². The maximum Gasteiger partial charge on any atom is 0.416 e. The fourth-order valence-corrected chi connectivity index (χ4v) is 2.70. The highest BCUT2D eigenvalue weighted by molar-refractivity contribution is 14.1. The van der Waals surface area contributed by atoms with E-state index in [0.717, 1.165) is 15.2 Å². The Bertz CT molecular complexity index is 623. The normalized spacial score (nSPS) is 13.3. The minimum absolute atomic E-state index is 0.122. The number of alkyl halides is 3. The standard InChI is InChI=1S/C15H12F3IO/c1-9-5-4-7-11(13(9)19)14(20)10-6-2-3-8-12(10)15(16,17)18/h2-8,14,20H,1H3. The monoisotopic (exact) mass is 392 g/mol. The summed E-state index contributed by atoms with van der Waals surface area (Å²) < 4.78 is 39.7. The molecular formula is C15H12F3IO. The van der Waals surface area contributed by atoms with Gasteiger partial charge in [0.2, 0.25) is 0 Å². The van der Waals surface area contributed by atoms with Crippen LogP contribution in [0.3, 0.4) is 0 Å². The molecule has 0 aromatic heterocycles. The summed E-state index contributed by atoms with van der Waals surface area (Å²) in [7, 11) is 0. The lowest BCUT2D eigenvalue weighted by Crippen LogP contribution is -2.13. The number of rotatable bonds is 2. The molecule has 5 heteroatoms. The summed E-state index contributed by atoms with van der Waals surface area (Å²) in [6, 6.07) is 10.3. The van der Waals surface area contributed by atoms with Gasteiger partial charge < -0.3 is 5.11 Å². The minimum atomic E-state index is -4.48. The number of hydrogen-bond donors (Lipinski definition) is 1. The highest BCUT2D eigenvalue weighted by Gasteiger charge is 2.35. The molecule has 2 aromatic carbocycles. The van der Waals surface area contributed by atoms with Crippen LogP contribution in [-0.2, 0) is 6.18 Å². The van der Waals surface area contributed by atoms with Crippen molar-refractivity contribution in [1.29, 1.82) is 0 Å². The molecule has 1 unspecified atom stereocenters. The second kappa shape index (κ2) is 5.73. The van der Waals surface area contributed by atoms with Crippen LogP contribution in [0.1, 0.15) is 28.4 Å². The van der Waals surface area contributed by atoms with Crippen LogP contribution in [0, 0.1) is 10.5 Å². The van der Waals surface area contributed by atoms with Crippen LogP contribution < -0.4 is 0 Å². The molecule has 0 heterocycles. The van der Waals surface area contributed by atoms with Gasteiger partial charge in [0.1, 0.15) is 6.10 Å². The lowest BCUT2D eigenvalue weighted by molar-refractivity contribution is -0.139. The van der Waals surface area contributed by atoms with Crippen molar-refractivity contribution in [2.24, 2.45) is 0 Å². The molecule has 0 aliphatic heterocycles. The van der Waals surface area contributed by atoms with E-state index in [1.54, 1.807) is 12.1 Å². The van der Waals surface area contributed by atoms with Crippen LogP contribution in [0.25, 0.3) is 0 Å². The predicted octanol–water partition coefficient (Wildman–Crippen LogP) is 4.70. The van der Waals surface area contributed by atoms with Gasteiger partial charge >= 0.3 is 6.18 Å². The van der Waals surface area contributed by atoms with Crippen LogP contribution in [0.4, 0.5) is 13.2 Å². The Morgan fingerprint density at radius 3 is 2.25 bits per heavy atom. The Kier molecular flexibility index (Phi) is 4.39. The van der Waals surface area contributed by atoms with Crippen molar-refractivity contribution < 1.29 is 18.3 Å². The van der Waals surface area contributed by atoms with Gasteiger partial charge in [-0.15, -0.1) is 0 Å². The van der Waals surface area contributed by atoms with Gasteiger partial charge in [-0.2, -0.15) is 13.2 Å². The van der Waals surface area contributed by atoms with Crippen molar-refractivity contribution in [2.45, 2.75) is 19.2 Å². The van der Waals surface area contributed by atoms with Crippen LogP contribution in [-0.4, -0.2) is 5.11 Å². The van der Waals surface area contributed by atoms with E-state index in [9.17, 15) is 18.3 Å². The van der Waals surface area contributed by atoms with Crippen LogP contribution in [0.15, 0.2) is 42.5 Å². The van der Waals surface area contributed by atoms with E-state index in [1.807, 2.05) is 35.6 Å². The Balaban J connectivity index is 2.55. The van der Waals surface area contributed by atoms with Gasteiger partial charge in [0.15, 0.2) is 0 Å². The molecule has 2 rings (SSSR count). The second-order valence-corrected chi connectivity index (χ2v) is 5.54. The number of aliphatic hydroxyl groups is 1. The summed E-state index contributed by atoms with van der Waals surface area (Å²) in [5.74, 6) is 0. The molecule has 0 spiro atoms. The van der Waals surface area contributed by atoms with Crippen molar-refractivity contribution in [2.75, 3.05) is 0 Å². The molecule has 20 heavy (non-hydrogen) atoms. The minimum Gasteiger partial charge on any atom is -0.384 e. The summed E-state index contributed by atoms with van der Waals surface area (Å²) in [5.41, 5.74) is 0.488. The molecule has 0 radical (unpaired) electrons. The molecule has 1 nitrogen and oxygen atoms in total. The Labute approximate surface area is 128 Å². The Morgan fingerprint density at radius 2 is 1.60 bits per heavy atom. The Hall–Kier alpha value is -1.08.